The molecule has 0 bridgehead atoms. The summed E-state index contributed by atoms with van der Waals surface area (Å²) < 4.78 is 5.28. The smallest absolute Gasteiger partial charge is 0.309 e. The van der Waals surface area contributed by atoms with Crippen LogP contribution in [-0.2, 0) is 11.2 Å². The largest absolute Gasteiger partial charge is 0.496 e. The van der Waals surface area contributed by atoms with E-state index < -0.39 is 5.97 Å². The Balaban J connectivity index is 2.42. The molecule has 0 atom stereocenters. The van der Waals surface area contributed by atoms with Crippen LogP contribution >= 0.6 is 11.3 Å². The summed E-state index contributed by atoms with van der Waals surface area (Å²) in [6.45, 7) is 1.88. The van der Waals surface area contributed by atoms with E-state index in [1.165, 1.54) is 11.3 Å². The molecule has 1 N–H and O–H groups in total. The van der Waals surface area contributed by atoms with Gasteiger partial charge < -0.3 is 9.84 Å². The zero-order valence-corrected chi connectivity index (χ0v) is 11.0. The highest BCUT2D eigenvalue weighted by molar-refractivity contribution is 7.15. The minimum atomic E-state index is -0.866. The van der Waals surface area contributed by atoms with Crippen LogP contribution in [0.25, 0.3) is 10.6 Å². The summed E-state index contributed by atoms with van der Waals surface area (Å²) in [5.74, 6) is -0.122. The maximum Gasteiger partial charge on any atom is 0.309 e. The molecule has 0 saturated carbocycles. The zero-order valence-electron chi connectivity index (χ0n) is 10.1. The first-order chi connectivity index (χ1) is 8.61. The second-order valence-electron chi connectivity index (χ2n) is 3.79. The van der Waals surface area contributed by atoms with E-state index in [4.69, 9.17) is 9.84 Å². The van der Waals surface area contributed by atoms with Crippen LogP contribution in [0.4, 0.5) is 0 Å². The number of hydrogen-bond donors (Lipinski definition) is 1. The molecule has 0 saturated heterocycles. The van der Waals surface area contributed by atoms with Gasteiger partial charge in [0.15, 0.2) is 0 Å². The maximum atomic E-state index is 10.7. The quantitative estimate of drug-likeness (QED) is 0.921. The van der Waals surface area contributed by atoms with Gasteiger partial charge in [-0.3, -0.25) is 4.79 Å². The van der Waals surface area contributed by atoms with Gasteiger partial charge in [-0.15, -0.1) is 11.3 Å². The molecule has 0 fully saturated rings. The van der Waals surface area contributed by atoms with E-state index in [0.717, 1.165) is 21.2 Å². The molecular formula is C13H13NO3S. The normalized spacial score (nSPS) is 10.3. The molecule has 1 aromatic carbocycles. The third-order valence-corrected chi connectivity index (χ3v) is 3.60. The topological polar surface area (TPSA) is 59.4 Å². The van der Waals surface area contributed by atoms with Crippen molar-refractivity contribution in [1.82, 2.24) is 4.98 Å². The van der Waals surface area contributed by atoms with E-state index in [1.807, 2.05) is 31.2 Å². The zero-order chi connectivity index (χ0) is 13.1. The van der Waals surface area contributed by atoms with Crippen molar-refractivity contribution in [2.45, 2.75) is 13.3 Å². The first-order valence-electron chi connectivity index (χ1n) is 5.43. The molecule has 5 heteroatoms. The average Bonchev–Trinajstić information content (AvgIpc) is 2.70. The molecule has 0 aliphatic heterocycles. The molecule has 0 aliphatic rings. The van der Waals surface area contributed by atoms with Gasteiger partial charge in [0, 0.05) is 4.88 Å². The molecule has 1 heterocycles. The molecule has 94 valence electrons. The number of aliphatic carboxylic acids is 1. The number of thiazole rings is 1. The standard InChI is InChI=1S/C13H13NO3S/c1-8-10(7-12(15)16)14-13(18-8)9-5-3-4-6-11(9)17-2/h3-6H,7H2,1-2H3,(H,15,16). The molecule has 0 unspecified atom stereocenters. The van der Waals surface area contributed by atoms with Gasteiger partial charge in [-0.05, 0) is 19.1 Å². The Morgan fingerprint density at radius 2 is 2.17 bits per heavy atom. The van der Waals surface area contributed by atoms with Crippen molar-refractivity contribution in [2.24, 2.45) is 0 Å². The number of benzene rings is 1. The highest BCUT2D eigenvalue weighted by Gasteiger charge is 2.14. The van der Waals surface area contributed by atoms with Crippen molar-refractivity contribution in [3.8, 4) is 16.3 Å². The van der Waals surface area contributed by atoms with E-state index in [1.54, 1.807) is 7.11 Å². The number of nitrogens with zero attached hydrogens (tertiary/aromatic N) is 1. The van der Waals surface area contributed by atoms with E-state index in [0.29, 0.717) is 5.69 Å². The summed E-state index contributed by atoms with van der Waals surface area (Å²) >= 11 is 1.48. The molecule has 0 aliphatic carbocycles. The molecule has 0 spiro atoms. The number of rotatable bonds is 4. The lowest BCUT2D eigenvalue weighted by atomic mass is 10.2. The van der Waals surface area contributed by atoms with Crippen molar-refractivity contribution in [3.05, 3.63) is 34.8 Å². The fourth-order valence-corrected chi connectivity index (χ4v) is 2.63. The summed E-state index contributed by atoms with van der Waals surface area (Å²) in [4.78, 5) is 16.0. The van der Waals surface area contributed by atoms with Gasteiger partial charge in [0.2, 0.25) is 0 Å². The predicted octanol–water partition coefficient (Wildman–Crippen LogP) is 2.75. The van der Waals surface area contributed by atoms with Crippen LogP contribution in [0.5, 0.6) is 5.75 Å². The van der Waals surface area contributed by atoms with Gasteiger partial charge in [-0.1, -0.05) is 12.1 Å². The first-order valence-corrected chi connectivity index (χ1v) is 6.25. The highest BCUT2D eigenvalue weighted by atomic mass is 32.1. The van der Waals surface area contributed by atoms with E-state index >= 15 is 0 Å². The summed E-state index contributed by atoms with van der Waals surface area (Å²) in [5, 5.41) is 9.60. The van der Waals surface area contributed by atoms with E-state index in [9.17, 15) is 4.79 Å². The monoisotopic (exact) mass is 263 g/mol. The number of para-hydroxylation sites is 1. The number of hydrogen-bond acceptors (Lipinski definition) is 4. The van der Waals surface area contributed by atoms with Gasteiger partial charge in [0.25, 0.3) is 0 Å². The molecule has 4 nitrogen and oxygen atoms in total. The Morgan fingerprint density at radius 1 is 1.44 bits per heavy atom. The fourth-order valence-electron chi connectivity index (χ4n) is 1.67. The highest BCUT2D eigenvalue weighted by Crippen LogP contribution is 2.34. The molecule has 0 radical (unpaired) electrons. The number of carboxylic acid groups (broad SMARTS) is 1. The average molecular weight is 263 g/mol. The van der Waals surface area contributed by atoms with Gasteiger partial charge in [-0.25, -0.2) is 4.98 Å². The van der Waals surface area contributed by atoms with Gasteiger partial charge >= 0.3 is 5.97 Å². The van der Waals surface area contributed by atoms with Crippen LogP contribution < -0.4 is 4.74 Å². The molecule has 0 amide bonds. The Bertz CT molecular complexity index is 577. The Morgan fingerprint density at radius 3 is 2.83 bits per heavy atom. The van der Waals surface area contributed by atoms with Crippen molar-refractivity contribution in [3.63, 3.8) is 0 Å². The molecule has 2 aromatic rings. The number of aryl methyl sites for hydroxylation is 1. The number of carboxylic acids is 1. The van der Waals surface area contributed by atoms with Crippen LogP contribution in [0.15, 0.2) is 24.3 Å². The minimum absolute atomic E-state index is 0.0442. The van der Waals surface area contributed by atoms with Crippen LogP contribution in [0.3, 0.4) is 0 Å². The third kappa shape index (κ3) is 2.51. The maximum absolute atomic E-state index is 10.7. The second-order valence-corrected chi connectivity index (χ2v) is 5.00. The summed E-state index contributed by atoms with van der Waals surface area (Å²) in [6.07, 6.45) is -0.0442. The van der Waals surface area contributed by atoms with Crippen molar-refractivity contribution in [2.75, 3.05) is 7.11 Å². The van der Waals surface area contributed by atoms with Crippen LogP contribution in [-0.4, -0.2) is 23.2 Å². The number of methoxy groups -OCH3 is 1. The number of carbonyl (C=O) groups is 1. The molecule has 2 rings (SSSR count). The molecule has 1 aromatic heterocycles. The van der Waals surface area contributed by atoms with Crippen LogP contribution in [0.2, 0.25) is 0 Å². The number of aromatic nitrogens is 1. The molecular weight excluding hydrogens is 250 g/mol. The Kier molecular flexibility index (Phi) is 3.62. The fraction of sp³-hybridized carbons (Fsp3) is 0.231. The predicted molar refractivity (Wildman–Crippen MR) is 70.2 cm³/mol. The SMILES string of the molecule is COc1ccccc1-c1nc(CC(=O)O)c(C)s1. The second kappa shape index (κ2) is 5.18. The molecule has 18 heavy (non-hydrogen) atoms. The van der Waals surface area contributed by atoms with Gasteiger partial charge in [0.05, 0.1) is 24.8 Å². The first kappa shape index (κ1) is 12.6. The Labute approximate surface area is 109 Å². The number of ether oxygens (including phenoxy) is 1. The third-order valence-electron chi connectivity index (χ3n) is 2.55. The van der Waals surface area contributed by atoms with Crippen LogP contribution in [0, 0.1) is 6.92 Å². The van der Waals surface area contributed by atoms with Gasteiger partial charge in [-0.2, -0.15) is 0 Å². The summed E-state index contributed by atoms with van der Waals surface area (Å²) in [7, 11) is 1.61. The van der Waals surface area contributed by atoms with Crippen molar-refractivity contribution >= 4 is 17.3 Å². The van der Waals surface area contributed by atoms with Gasteiger partial charge in [0.1, 0.15) is 10.8 Å². The lowest BCUT2D eigenvalue weighted by Crippen LogP contribution is -2.01. The minimum Gasteiger partial charge on any atom is -0.496 e. The lowest BCUT2D eigenvalue weighted by Gasteiger charge is -2.04. The summed E-state index contributed by atoms with van der Waals surface area (Å²) in [5.41, 5.74) is 1.51. The van der Waals surface area contributed by atoms with Crippen LogP contribution in [0.1, 0.15) is 10.6 Å². The Hall–Kier alpha value is -1.88. The van der Waals surface area contributed by atoms with Crippen molar-refractivity contribution < 1.29 is 14.6 Å². The van der Waals surface area contributed by atoms with Crippen molar-refractivity contribution in [1.29, 1.82) is 0 Å². The van der Waals surface area contributed by atoms with E-state index in [-0.39, 0.29) is 6.42 Å². The lowest BCUT2D eigenvalue weighted by molar-refractivity contribution is -0.136. The summed E-state index contributed by atoms with van der Waals surface area (Å²) in [6, 6.07) is 7.58. The van der Waals surface area contributed by atoms with E-state index in [2.05, 4.69) is 4.98 Å².